The van der Waals surface area contributed by atoms with Crippen LogP contribution in [-0.4, -0.2) is 17.5 Å². The molecule has 2 heterocycles. The third-order valence-electron chi connectivity index (χ3n) is 3.33. The monoisotopic (exact) mass is 269 g/mol. The van der Waals surface area contributed by atoms with Crippen molar-refractivity contribution in [1.29, 1.82) is 0 Å². The molecule has 1 unspecified atom stereocenters. The number of aromatic nitrogens is 1. The number of nitrogens with zero attached hydrogens (tertiary/aromatic N) is 1. The summed E-state index contributed by atoms with van der Waals surface area (Å²) >= 11 is 0. The number of amides is 1. The van der Waals surface area contributed by atoms with Gasteiger partial charge in [-0.1, -0.05) is 18.2 Å². The van der Waals surface area contributed by atoms with E-state index in [1.807, 2.05) is 24.3 Å². The van der Waals surface area contributed by atoms with Crippen LogP contribution in [0, 0.1) is 5.92 Å². The molecule has 5 heteroatoms. The second kappa shape index (κ2) is 5.21. The molecule has 0 saturated carbocycles. The van der Waals surface area contributed by atoms with Crippen molar-refractivity contribution in [2.45, 2.75) is 6.42 Å². The summed E-state index contributed by atoms with van der Waals surface area (Å²) in [5.74, 6) is 0.904. The molecule has 1 aliphatic rings. The molecular formula is C15H15N3O2. The van der Waals surface area contributed by atoms with E-state index >= 15 is 0 Å². The standard InChI is InChI=1S/C15H15N3O2/c16-12-5-3-7-17-14(12)18-15(19)11-8-10-4-1-2-6-13(10)20-9-11/h1-7,11H,8-9,16H2,(H,17,18,19). The van der Waals surface area contributed by atoms with Gasteiger partial charge in [0.05, 0.1) is 11.6 Å². The SMILES string of the molecule is Nc1cccnc1NC(=O)C1COc2ccccc2C1. The highest BCUT2D eigenvalue weighted by Gasteiger charge is 2.26. The first-order valence-electron chi connectivity index (χ1n) is 6.46. The number of hydrogen-bond acceptors (Lipinski definition) is 4. The van der Waals surface area contributed by atoms with Crippen LogP contribution in [-0.2, 0) is 11.2 Å². The normalized spacial score (nSPS) is 16.9. The Bertz CT molecular complexity index is 643. The largest absolute Gasteiger partial charge is 0.492 e. The topological polar surface area (TPSA) is 77.2 Å². The Kier molecular flexibility index (Phi) is 3.25. The van der Waals surface area contributed by atoms with Crippen molar-refractivity contribution in [3.05, 3.63) is 48.2 Å². The highest BCUT2D eigenvalue weighted by Crippen LogP contribution is 2.27. The lowest BCUT2D eigenvalue weighted by Crippen LogP contribution is -2.33. The molecule has 3 rings (SSSR count). The number of nitrogen functional groups attached to an aromatic ring is 1. The van der Waals surface area contributed by atoms with E-state index in [1.54, 1.807) is 18.3 Å². The lowest BCUT2D eigenvalue weighted by molar-refractivity contribution is -0.121. The molecule has 0 radical (unpaired) electrons. The van der Waals surface area contributed by atoms with Gasteiger partial charge >= 0.3 is 0 Å². The van der Waals surface area contributed by atoms with Crippen LogP contribution in [0.1, 0.15) is 5.56 Å². The number of pyridine rings is 1. The molecule has 102 valence electrons. The molecule has 1 aromatic carbocycles. The van der Waals surface area contributed by atoms with Crippen LogP contribution in [0.4, 0.5) is 11.5 Å². The first-order valence-corrected chi connectivity index (χ1v) is 6.46. The van der Waals surface area contributed by atoms with E-state index < -0.39 is 0 Å². The van der Waals surface area contributed by atoms with Crippen LogP contribution in [0.15, 0.2) is 42.6 Å². The van der Waals surface area contributed by atoms with E-state index in [-0.39, 0.29) is 11.8 Å². The zero-order valence-corrected chi connectivity index (χ0v) is 10.9. The Morgan fingerprint density at radius 2 is 2.15 bits per heavy atom. The van der Waals surface area contributed by atoms with Gasteiger partial charge in [-0.05, 0) is 30.2 Å². The first-order chi connectivity index (χ1) is 9.74. The van der Waals surface area contributed by atoms with Gasteiger partial charge in [0.2, 0.25) is 5.91 Å². The van der Waals surface area contributed by atoms with Crippen molar-refractivity contribution >= 4 is 17.4 Å². The molecule has 5 nitrogen and oxygen atoms in total. The Morgan fingerprint density at radius 3 is 3.00 bits per heavy atom. The molecule has 1 aromatic heterocycles. The molecule has 1 atom stereocenters. The maximum Gasteiger partial charge on any atom is 0.232 e. The summed E-state index contributed by atoms with van der Waals surface area (Å²) in [5.41, 5.74) is 7.27. The summed E-state index contributed by atoms with van der Waals surface area (Å²) in [5, 5.41) is 2.76. The number of fused-ring (bicyclic) bond motifs is 1. The maximum absolute atomic E-state index is 12.2. The van der Waals surface area contributed by atoms with Gasteiger partial charge < -0.3 is 15.8 Å². The van der Waals surface area contributed by atoms with Crippen molar-refractivity contribution in [2.75, 3.05) is 17.7 Å². The minimum absolute atomic E-state index is 0.120. The van der Waals surface area contributed by atoms with E-state index in [0.29, 0.717) is 24.5 Å². The van der Waals surface area contributed by atoms with Gasteiger partial charge in [-0.3, -0.25) is 4.79 Å². The van der Waals surface area contributed by atoms with E-state index in [1.165, 1.54) is 0 Å². The number of benzene rings is 1. The number of hydrogen-bond donors (Lipinski definition) is 2. The van der Waals surface area contributed by atoms with E-state index in [0.717, 1.165) is 11.3 Å². The summed E-state index contributed by atoms with van der Waals surface area (Å²) in [7, 11) is 0. The maximum atomic E-state index is 12.2. The van der Waals surface area contributed by atoms with Gasteiger partial charge in [0.25, 0.3) is 0 Å². The Hall–Kier alpha value is -2.56. The molecule has 0 spiro atoms. The quantitative estimate of drug-likeness (QED) is 0.872. The fourth-order valence-corrected chi connectivity index (χ4v) is 2.24. The van der Waals surface area contributed by atoms with Gasteiger partial charge in [0.15, 0.2) is 5.82 Å². The lowest BCUT2D eigenvalue weighted by Gasteiger charge is -2.24. The van der Waals surface area contributed by atoms with Gasteiger partial charge in [0, 0.05) is 6.20 Å². The average molecular weight is 269 g/mol. The molecule has 0 bridgehead atoms. The van der Waals surface area contributed by atoms with Crippen LogP contribution in [0.3, 0.4) is 0 Å². The number of nitrogens with one attached hydrogen (secondary N) is 1. The minimum Gasteiger partial charge on any atom is -0.492 e. The summed E-state index contributed by atoms with van der Waals surface area (Å²) in [4.78, 5) is 16.3. The number of carbonyl (C=O) groups excluding carboxylic acids is 1. The minimum atomic E-state index is -0.230. The van der Waals surface area contributed by atoms with Crippen molar-refractivity contribution in [3.8, 4) is 5.75 Å². The summed E-state index contributed by atoms with van der Waals surface area (Å²) < 4.78 is 5.61. The molecule has 1 aliphatic heterocycles. The molecule has 0 saturated heterocycles. The zero-order valence-electron chi connectivity index (χ0n) is 10.9. The Morgan fingerprint density at radius 1 is 1.30 bits per heavy atom. The first kappa shape index (κ1) is 12.5. The smallest absolute Gasteiger partial charge is 0.232 e. The Balaban J connectivity index is 1.72. The fraction of sp³-hybridized carbons (Fsp3) is 0.200. The lowest BCUT2D eigenvalue weighted by atomic mass is 9.96. The predicted octanol–water partition coefficient (Wildman–Crippen LogP) is 1.85. The third-order valence-corrected chi connectivity index (χ3v) is 3.33. The molecule has 3 N–H and O–H groups in total. The molecule has 0 fully saturated rings. The van der Waals surface area contributed by atoms with E-state index in [9.17, 15) is 4.79 Å². The highest BCUT2D eigenvalue weighted by molar-refractivity contribution is 5.94. The van der Waals surface area contributed by atoms with E-state index in [2.05, 4.69) is 10.3 Å². The van der Waals surface area contributed by atoms with Crippen LogP contribution < -0.4 is 15.8 Å². The highest BCUT2D eigenvalue weighted by atomic mass is 16.5. The molecular weight excluding hydrogens is 254 g/mol. The van der Waals surface area contributed by atoms with Crippen LogP contribution in [0.5, 0.6) is 5.75 Å². The third kappa shape index (κ3) is 2.42. The molecule has 20 heavy (non-hydrogen) atoms. The number of ether oxygens (including phenoxy) is 1. The van der Waals surface area contributed by atoms with Crippen molar-refractivity contribution < 1.29 is 9.53 Å². The van der Waals surface area contributed by atoms with Crippen LogP contribution in [0.2, 0.25) is 0 Å². The van der Waals surface area contributed by atoms with Gasteiger partial charge in [-0.15, -0.1) is 0 Å². The Labute approximate surface area is 116 Å². The predicted molar refractivity (Wildman–Crippen MR) is 76.4 cm³/mol. The summed E-state index contributed by atoms with van der Waals surface area (Å²) in [6.07, 6.45) is 2.26. The summed E-state index contributed by atoms with van der Waals surface area (Å²) in [6, 6.07) is 11.2. The number of anilines is 2. The van der Waals surface area contributed by atoms with Crippen LogP contribution >= 0.6 is 0 Å². The summed E-state index contributed by atoms with van der Waals surface area (Å²) in [6.45, 7) is 0.371. The van der Waals surface area contributed by atoms with Crippen molar-refractivity contribution in [1.82, 2.24) is 4.98 Å². The number of carbonyl (C=O) groups is 1. The van der Waals surface area contributed by atoms with Crippen LogP contribution in [0.25, 0.3) is 0 Å². The van der Waals surface area contributed by atoms with Gasteiger partial charge in [0.1, 0.15) is 12.4 Å². The zero-order chi connectivity index (χ0) is 13.9. The number of rotatable bonds is 2. The number of nitrogens with two attached hydrogens (primary N) is 1. The molecule has 1 amide bonds. The average Bonchev–Trinajstić information content (AvgIpc) is 2.49. The molecule has 2 aromatic rings. The van der Waals surface area contributed by atoms with Gasteiger partial charge in [-0.2, -0.15) is 0 Å². The second-order valence-electron chi connectivity index (χ2n) is 4.75. The van der Waals surface area contributed by atoms with Gasteiger partial charge in [-0.25, -0.2) is 4.98 Å². The van der Waals surface area contributed by atoms with E-state index in [4.69, 9.17) is 10.5 Å². The van der Waals surface area contributed by atoms with Crippen molar-refractivity contribution in [2.24, 2.45) is 5.92 Å². The second-order valence-corrected chi connectivity index (χ2v) is 4.75. The number of para-hydroxylation sites is 1. The molecule has 0 aliphatic carbocycles. The van der Waals surface area contributed by atoms with Crippen molar-refractivity contribution in [3.63, 3.8) is 0 Å². The fourth-order valence-electron chi connectivity index (χ4n) is 2.24.